The Kier molecular flexibility index (Phi) is 7.86. The third-order valence-electron chi connectivity index (χ3n) is 7.14. The summed E-state index contributed by atoms with van der Waals surface area (Å²) in [6, 6.07) is 16.1. The molecular weight excluding hydrogens is 529 g/mol. The molecule has 1 saturated heterocycles. The van der Waals surface area contributed by atoms with E-state index in [0.717, 1.165) is 6.07 Å². The summed E-state index contributed by atoms with van der Waals surface area (Å²) in [4.78, 5) is 15.5. The first kappa shape index (κ1) is 28.0. The van der Waals surface area contributed by atoms with Crippen LogP contribution in [-0.2, 0) is 12.0 Å². The van der Waals surface area contributed by atoms with Gasteiger partial charge in [0.05, 0.1) is 23.7 Å². The van der Waals surface area contributed by atoms with Gasteiger partial charge >= 0.3 is 0 Å². The Morgan fingerprint density at radius 1 is 1.13 bits per heavy atom. The first-order valence-corrected chi connectivity index (χ1v) is 13.0. The molecule has 3 aromatic rings. The van der Waals surface area contributed by atoms with Gasteiger partial charge in [-0.1, -0.05) is 74.3 Å². The Morgan fingerprint density at radius 3 is 2.39 bits per heavy atom. The molecule has 8 heteroatoms. The molecule has 1 heterocycles. The first-order chi connectivity index (χ1) is 17.9. The zero-order valence-electron chi connectivity index (χ0n) is 21.3. The molecule has 0 aliphatic carbocycles. The fraction of sp³-hybridized carbons (Fsp3) is 0.333. The highest BCUT2D eigenvalue weighted by molar-refractivity contribution is 6.31. The van der Waals surface area contributed by atoms with Gasteiger partial charge in [-0.2, -0.15) is 5.26 Å². The minimum atomic E-state index is -1.64. The summed E-state index contributed by atoms with van der Waals surface area (Å²) in [6.45, 7) is 5.90. The van der Waals surface area contributed by atoms with Crippen LogP contribution < -0.4 is 0 Å². The lowest BCUT2D eigenvalue weighted by Gasteiger charge is -2.38. The van der Waals surface area contributed by atoms with E-state index in [2.05, 4.69) is 6.07 Å². The number of rotatable bonds is 5. The fourth-order valence-corrected chi connectivity index (χ4v) is 5.93. The standard InChI is InChI=1S/C30H28Cl2F2N2O2/c1-29(2,3)14-20-15-36(28(38)19-9-7-18(16-37)8-10-19)27(22-5-4-6-24(32)26(22)34)30(20,17-35)23-12-11-21(31)13-25(23)33/h4-13,20,27,37H,14-16H2,1-3H3/t20-,27-,30-/m1/s1. The summed E-state index contributed by atoms with van der Waals surface area (Å²) in [5, 5.41) is 20.3. The third-order valence-corrected chi connectivity index (χ3v) is 7.67. The maximum Gasteiger partial charge on any atom is 0.254 e. The van der Waals surface area contributed by atoms with Gasteiger partial charge in [-0.05, 0) is 47.7 Å². The van der Waals surface area contributed by atoms with E-state index in [1.807, 2.05) is 20.8 Å². The third kappa shape index (κ3) is 5.03. The van der Waals surface area contributed by atoms with Crippen molar-refractivity contribution in [3.05, 3.63) is 105 Å². The van der Waals surface area contributed by atoms with Crippen molar-refractivity contribution in [2.75, 3.05) is 6.54 Å². The van der Waals surface area contributed by atoms with Gasteiger partial charge in [0.1, 0.15) is 17.0 Å². The van der Waals surface area contributed by atoms with Crippen LogP contribution in [-0.4, -0.2) is 22.5 Å². The number of carbonyl (C=O) groups is 1. The van der Waals surface area contributed by atoms with E-state index < -0.39 is 34.9 Å². The molecule has 198 valence electrons. The average molecular weight is 557 g/mol. The summed E-state index contributed by atoms with van der Waals surface area (Å²) >= 11 is 12.2. The predicted octanol–water partition coefficient (Wildman–Crippen LogP) is 7.47. The molecule has 0 radical (unpaired) electrons. The van der Waals surface area contributed by atoms with Crippen molar-refractivity contribution in [2.24, 2.45) is 11.3 Å². The lowest BCUT2D eigenvalue weighted by atomic mass is 9.63. The van der Waals surface area contributed by atoms with E-state index in [4.69, 9.17) is 23.2 Å². The second-order valence-corrected chi connectivity index (χ2v) is 11.8. The summed E-state index contributed by atoms with van der Waals surface area (Å²) in [5.41, 5.74) is -0.933. The average Bonchev–Trinajstić information content (AvgIpc) is 3.18. The van der Waals surface area contributed by atoms with E-state index >= 15 is 8.78 Å². The fourth-order valence-electron chi connectivity index (χ4n) is 5.59. The molecule has 4 nitrogen and oxygen atoms in total. The number of nitrogens with zero attached hydrogens (tertiary/aromatic N) is 2. The van der Waals surface area contributed by atoms with Gasteiger partial charge in [0.2, 0.25) is 0 Å². The van der Waals surface area contributed by atoms with Crippen molar-refractivity contribution >= 4 is 29.1 Å². The monoisotopic (exact) mass is 556 g/mol. The molecule has 0 aromatic heterocycles. The maximum absolute atomic E-state index is 15.7. The molecule has 1 N–H and O–H groups in total. The Balaban J connectivity index is 2.01. The van der Waals surface area contributed by atoms with E-state index in [0.29, 0.717) is 17.5 Å². The van der Waals surface area contributed by atoms with Crippen LogP contribution in [0, 0.1) is 34.3 Å². The highest BCUT2D eigenvalue weighted by Gasteiger charge is 2.60. The number of nitriles is 1. The summed E-state index contributed by atoms with van der Waals surface area (Å²) in [7, 11) is 0. The molecule has 3 aromatic carbocycles. The van der Waals surface area contributed by atoms with Crippen molar-refractivity contribution in [3.63, 3.8) is 0 Å². The number of aliphatic hydroxyl groups is 1. The second-order valence-electron chi connectivity index (χ2n) is 10.9. The number of likely N-dealkylation sites (tertiary alicyclic amines) is 1. The number of halogens is 4. The van der Waals surface area contributed by atoms with Gasteiger partial charge in [-0.3, -0.25) is 4.79 Å². The van der Waals surface area contributed by atoms with Crippen LogP contribution >= 0.6 is 23.2 Å². The number of amides is 1. The van der Waals surface area contributed by atoms with Gasteiger partial charge in [-0.15, -0.1) is 0 Å². The van der Waals surface area contributed by atoms with Gasteiger partial charge < -0.3 is 10.0 Å². The smallest absolute Gasteiger partial charge is 0.254 e. The van der Waals surface area contributed by atoms with Crippen LogP contribution in [0.2, 0.25) is 10.0 Å². The van der Waals surface area contributed by atoms with Crippen molar-refractivity contribution in [2.45, 2.75) is 45.3 Å². The number of benzene rings is 3. The van der Waals surface area contributed by atoms with Crippen LogP contribution in [0.4, 0.5) is 8.78 Å². The second kappa shape index (κ2) is 10.6. The lowest BCUT2D eigenvalue weighted by Crippen LogP contribution is -2.41. The largest absolute Gasteiger partial charge is 0.392 e. The Morgan fingerprint density at radius 2 is 1.82 bits per heavy atom. The zero-order valence-corrected chi connectivity index (χ0v) is 22.8. The first-order valence-electron chi connectivity index (χ1n) is 12.2. The molecule has 1 aliphatic heterocycles. The molecule has 0 unspecified atom stereocenters. The predicted molar refractivity (Wildman–Crippen MR) is 144 cm³/mol. The van der Waals surface area contributed by atoms with Crippen molar-refractivity contribution in [1.82, 2.24) is 4.90 Å². The molecule has 1 aliphatic rings. The summed E-state index contributed by atoms with van der Waals surface area (Å²) in [6.07, 6.45) is 0.453. The van der Waals surface area contributed by atoms with E-state index in [-0.39, 0.29) is 39.7 Å². The molecule has 1 fully saturated rings. The van der Waals surface area contributed by atoms with Gasteiger partial charge in [0.25, 0.3) is 5.91 Å². The van der Waals surface area contributed by atoms with E-state index in [9.17, 15) is 15.2 Å². The minimum Gasteiger partial charge on any atom is -0.392 e. The highest BCUT2D eigenvalue weighted by Crippen LogP contribution is 2.56. The molecular formula is C30H28Cl2F2N2O2. The van der Waals surface area contributed by atoms with Crippen LogP contribution in [0.5, 0.6) is 0 Å². The molecule has 1 amide bonds. The lowest BCUT2D eigenvalue weighted by molar-refractivity contribution is 0.0713. The van der Waals surface area contributed by atoms with Crippen LogP contribution in [0.25, 0.3) is 0 Å². The summed E-state index contributed by atoms with van der Waals surface area (Å²) < 4.78 is 31.4. The van der Waals surface area contributed by atoms with Crippen molar-refractivity contribution in [3.8, 4) is 6.07 Å². The SMILES string of the molecule is CC(C)(C)C[C@@H]1CN(C(=O)c2ccc(CO)cc2)[C@H](c2cccc(Cl)c2F)[C@@]1(C#N)c1ccc(Cl)cc1F. The maximum atomic E-state index is 15.7. The zero-order chi connectivity index (χ0) is 27.8. The van der Waals surface area contributed by atoms with Crippen molar-refractivity contribution in [1.29, 1.82) is 5.26 Å². The van der Waals surface area contributed by atoms with Gasteiger partial charge in [-0.25, -0.2) is 8.78 Å². The molecule has 3 atom stereocenters. The minimum absolute atomic E-state index is 0.0325. The molecule has 0 bridgehead atoms. The van der Waals surface area contributed by atoms with Gasteiger partial charge in [0, 0.05) is 34.2 Å². The number of aliphatic hydroxyl groups excluding tert-OH is 1. The van der Waals surface area contributed by atoms with E-state index in [1.54, 1.807) is 30.3 Å². The Labute approximate surface area is 231 Å². The van der Waals surface area contributed by atoms with Crippen molar-refractivity contribution < 1.29 is 18.7 Å². The molecule has 4 rings (SSSR count). The molecule has 0 spiro atoms. The number of carbonyl (C=O) groups excluding carboxylic acids is 1. The quantitative estimate of drug-likeness (QED) is 0.354. The topological polar surface area (TPSA) is 64.3 Å². The summed E-state index contributed by atoms with van der Waals surface area (Å²) in [5.74, 6) is -2.46. The Bertz CT molecular complexity index is 1400. The highest BCUT2D eigenvalue weighted by atomic mass is 35.5. The van der Waals surface area contributed by atoms with Gasteiger partial charge in [0.15, 0.2) is 0 Å². The van der Waals surface area contributed by atoms with Crippen LogP contribution in [0.1, 0.15) is 60.3 Å². The van der Waals surface area contributed by atoms with Crippen LogP contribution in [0.15, 0.2) is 60.7 Å². The Hall–Kier alpha value is -2.98. The number of hydrogen-bond donors (Lipinski definition) is 1. The number of hydrogen-bond acceptors (Lipinski definition) is 3. The van der Waals surface area contributed by atoms with E-state index in [1.165, 1.54) is 29.2 Å². The van der Waals surface area contributed by atoms with Crippen LogP contribution in [0.3, 0.4) is 0 Å². The molecule has 0 saturated carbocycles. The normalized spacial score (nSPS) is 21.4. The molecule has 38 heavy (non-hydrogen) atoms.